The maximum atomic E-state index is 12.9. The highest BCUT2D eigenvalue weighted by atomic mass is 32.2. The zero-order chi connectivity index (χ0) is 20.1. The smallest absolute Gasteiger partial charge is 0.293 e. The van der Waals surface area contributed by atoms with Gasteiger partial charge in [0.25, 0.3) is 5.69 Å². The summed E-state index contributed by atoms with van der Waals surface area (Å²) in [6.45, 7) is 7.37. The molecule has 0 spiro atoms. The van der Waals surface area contributed by atoms with E-state index in [9.17, 15) is 18.5 Å². The molecule has 2 aliphatic rings. The Morgan fingerprint density at radius 1 is 1.21 bits per heavy atom. The second-order valence-corrected chi connectivity index (χ2v) is 9.34. The second-order valence-electron chi connectivity index (χ2n) is 7.40. The van der Waals surface area contributed by atoms with E-state index in [2.05, 4.69) is 17.1 Å². The molecule has 2 aliphatic heterocycles. The first-order valence-electron chi connectivity index (χ1n) is 9.70. The highest BCUT2D eigenvalue weighted by molar-refractivity contribution is 7.89. The van der Waals surface area contributed by atoms with E-state index in [0.717, 1.165) is 32.5 Å². The summed E-state index contributed by atoms with van der Waals surface area (Å²) in [4.78, 5) is 13.2. The van der Waals surface area contributed by atoms with E-state index in [-0.39, 0.29) is 10.6 Å². The number of nitrogens with zero attached hydrogens (tertiary/aromatic N) is 3. The highest BCUT2D eigenvalue weighted by Gasteiger charge is 2.30. The molecule has 0 aliphatic carbocycles. The fraction of sp³-hybridized carbons (Fsp3) is 0.667. The van der Waals surface area contributed by atoms with Gasteiger partial charge in [-0.25, -0.2) is 8.42 Å². The van der Waals surface area contributed by atoms with E-state index in [1.807, 2.05) is 0 Å². The molecule has 0 saturated carbocycles. The minimum Gasteiger partial charge on any atom is -0.379 e. The molecule has 0 atom stereocenters. The molecule has 0 bridgehead atoms. The molecule has 0 radical (unpaired) electrons. The number of hydrogen-bond acceptors (Lipinski definition) is 7. The number of nitro groups is 1. The van der Waals surface area contributed by atoms with Gasteiger partial charge in [0.15, 0.2) is 0 Å². The van der Waals surface area contributed by atoms with Crippen molar-refractivity contribution in [2.24, 2.45) is 5.92 Å². The first-order chi connectivity index (χ1) is 13.4. The van der Waals surface area contributed by atoms with Crippen molar-refractivity contribution in [3.63, 3.8) is 0 Å². The summed E-state index contributed by atoms with van der Waals surface area (Å²) in [5, 5.41) is 14.6. The maximum absolute atomic E-state index is 12.9. The van der Waals surface area contributed by atoms with Crippen molar-refractivity contribution in [1.82, 2.24) is 9.21 Å². The molecule has 10 heteroatoms. The van der Waals surface area contributed by atoms with Gasteiger partial charge in [0, 0.05) is 45.3 Å². The van der Waals surface area contributed by atoms with Crippen LogP contribution >= 0.6 is 0 Å². The summed E-state index contributed by atoms with van der Waals surface area (Å²) in [6, 6.07) is 4.12. The third kappa shape index (κ3) is 4.99. The maximum Gasteiger partial charge on any atom is 0.293 e. The molecular formula is C18H28N4O5S. The number of sulfonamides is 1. The highest BCUT2D eigenvalue weighted by Crippen LogP contribution is 2.30. The van der Waals surface area contributed by atoms with E-state index < -0.39 is 14.9 Å². The predicted molar refractivity (Wildman–Crippen MR) is 106 cm³/mol. The molecule has 0 amide bonds. The fourth-order valence-electron chi connectivity index (χ4n) is 3.52. The van der Waals surface area contributed by atoms with Gasteiger partial charge in [-0.1, -0.05) is 6.92 Å². The van der Waals surface area contributed by atoms with Gasteiger partial charge in [0.2, 0.25) is 10.0 Å². The Balaban J connectivity index is 1.70. The number of nitrogens with one attached hydrogen (secondary N) is 1. The molecular weight excluding hydrogens is 384 g/mol. The summed E-state index contributed by atoms with van der Waals surface area (Å²) >= 11 is 0. The van der Waals surface area contributed by atoms with Gasteiger partial charge in [-0.05, 0) is 30.9 Å². The zero-order valence-corrected chi connectivity index (χ0v) is 17.0. The third-order valence-corrected chi connectivity index (χ3v) is 7.29. The molecule has 2 heterocycles. The molecule has 0 aromatic heterocycles. The zero-order valence-electron chi connectivity index (χ0n) is 16.2. The summed E-state index contributed by atoms with van der Waals surface area (Å²) in [7, 11) is -3.72. The Hall–Kier alpha value is -1.75. The second kappa shape index (κ2) is 9.17. The first-order valence-corrected chi connectivity index (χ1v) is 11.1. The van der Waals surface area contributed by atoms with Crippen LogP contribution < -0.4 is 5.32 Å². The van der Waals surface area contributed by atoms with Gasteiger partial charge in [0.1, 0.15) is 5.69 Å². The number of hydrogen-bond donors (Lipinski definition) is 1. The van der Waals surface area contributed by atoms with Crippen molar-refractivity contribution in [2.45, 2.75) is 24.7 Å². The van der Waals surface area contributed by atoms with E-state index >= 15 is 0 Å². The molecule has 28 heavy (non-hydrogen) atoms. The molecule has 1 N–H and O–H groups in total. The molecule has 9 nitrogen and oxygen atoms in total. The molecule has 1 aromatic rings. The Kier molecular flexibility index (Phi) is 6.86. The largest absolute Gasteiger partial charge is 0.379 e. The third-order valence-electron chi connectivity index (χ3n) is 5.39. The predicted octanol–water partition coefficient (Wildman–Crippen LogP) is 1.76. The van der Waals surface area contributed by atoms with Crippen LogP contribution in [-0.2, 0) is 14.8 Å². The standard InChI is InChI=1S/C18H28N4O5S/c1-15-4-7-21(8-5-15)28(25,26)16-2-3-17(18(14-16)22(23)24)19-6-9-20-10-12-27-13-11-20/h2-3,14-15,19H,4-13H2,1H3. The molecule has 1 aromatic carbocycles. The summed E-state index contributed by atoms with van der Waals surface area (Å²) in [5.74, 6) is 0.499. The number of morpholine rings is 1. The van der Waals surface area contributed by atoms with Crippen LogP contribution in [0.5, 0.6) is 0 Å². The first kappa shape index (κ1) is 21.0. The fourth-order valence-corrected chi connectivity index (χ4v) is 5.01. The number of benzene rings is 1. The van der Waals surface area contributed by atoms with E-state index in [4.69, 9.17) is 4.74 Å². The van der Waals surface area contributed by atoms with Gasteiger partial charge in [-0.2, -0.15) is 4.31 Å². The number of nitro benzene ring substituents is 1. The monoisotopic (exact) mass is 412 g/mol. The van der Waals surface area contributed by atoms with Gasteiger partial charge in [-0.15, -0.1) is 0 Å². The van der Waals surface area contributed by atoms with Crippen LogP contribution in [0.15, 0.2) is 23.1 Å². The van der Waals surface area contributed by atoms with Gasteiger partial charge < -0.3 is 10.1 Å². The van der Waals surface area contributed by atoms with E-state index in [0.29, 0.717) is 44.5 Å². The summed E-state index contributed by atoms with van der Waals surface area (Å²) < 4.78 is 32.5. The molecule has 2 saturated heterocycles. The van der Waals surface area contributed by atoms with Crippen LogP contribution in [0.3, 0.4) is 0 Å². The van der Waals surface area contributed by atoms with E-state index in [1.165, 1.54) is 22.5 Å². The molecule has 2 fully saturated rings. The van der Waals surface area contributed by atoms with Crippen molar-refractivity contribution in [2.75, 3.05) is 57.8 Å². The topological polar surface area (TPSA) is 105 Å². The van der Waals surface area contributed by atoms with Crippen LogP contribution in [-0.4, -0.2) is 75.0 Å². The van der Waals surface area contributed by atoms with Gasteiger partial charge in [-0.3, -0.25) is 15.0 Å². The SMILES string of the molecule is CC1CCN(S(=O)(=O)c2ccc(NCCN3CCOCC3)c([N+](=O)[O-])c2)CC1. The number of ether oxygens (including phenoxy) is 1. The lowest BCUT2D eigenvalue weighted by atomic mass is 10.0. The molecule has 3 rings (SSSR count). The minimum absolute atomic E-state index is 0.0208. The normalized spacial score (nSPS) is 20.2. The molecule has 0 unspecified atom stereocenters. The average molecular weight is 413 g/mol. The van der Waals surface area contributed by atoms with Crippen LogP contribution in [0.4, 0.5) is 11.4 Å². The van der Waals surface area contributed by atoms with Crippen molar-refractivity contribution < 1.29 is 18.1 Å². The lowest BCUT2D eigenvalue weighted by Crippen LogP contribution is -2.39. The lowest BCUT2D eigenvalue weighted by molar-refractivity contribution is -0.384. The Labute approximate surface area is 165 Å². The number of piperidine rings is 1. The summed E-state index contributed by atoms with van der Waals surface area (Å²) in [5.41, 5.74) is 0.123. The van der Waals surface area contributed by atoms with Crippen molar-refractivity contribution >= 4 is 21.4 Å². The number of anilines is 1. The van der Waals surface area contributed by atoms with E-state index in [1.54, 1.807) is 0 Å². The van der Waals surface area contributed by atoms with Crippen molar-refractivity contribution in [3.8, 4) is 0 Å². The van der Waals surface area contributed by atoms with Gasteiger partial charge in [0.05, 0.1) is 23.0 Å². The minimum atomic E-state index is -3.72. The van der Waals surface area contributed by atoms with Gasteiger partial charge >= 0.3 is 0 Å². The Morgan fingerprint density at radius 2 is 1.89 bits per heavy atom. The van der Waals surface area contributed by atoms with Crippen LogP contribution in [0.25, 0.3) is 0 Å². The van der Waals surface area contributed by atoms with Crippen LogP contribution in [0.1, 0.15) is 19.8 Å². The average Bonchev–Trinajstić information content (AvgIpc) is 2.69. The lowest BCUT2D eigenvalue weighted by Gasteiger charge is -2.29. The Morgan fingerprint density at radius 3 is 2.54 bits per heavy atom. The number of rotatable bonds is 7. The van der Waals surface area contributed by atoms with Crippen LogP contribution in [0, 0.1) is 16.0 Å². The quantitative estimate of drug-likeness (QED) is 0.537. The van der Waals surface area contributed by atoms with Crippen molar-refractivity contribution in [3.05, 3.63) is 28.3 Å². The van der Waals surface area contributed by atoms with Crippen molar-refractivity contribution in [1.29, 1.82) is 0 Å². The van der Waals surface area contributed by atoms with Crippen LogP contribution in [0.2, 0.25) is 0 Å². The Bertz CT molecular complexity index is 787. The molecule has 156 valence electrons. The summed E-state index contributed by atoms with van der Waals surface area (Å²) in [6.07, 6.45) is 1.62.